The van der Waals surface area contributed by atoms with Gasteiger partial charge in [0.2, 0.25) is 5.91 Å². The Bertz CT molecular complexity index is 802. The van der Waals surface area contributed by atoms with Gasteiger partial charge in [-0.25, -0.2) is 9.59 Å². The van der Waals surface area contributed by atoms with Gasteiger partial charge < -0.3 is 14.8 Å². The number of nitrogens with zero attached hydrogens (tertiary/aromatic N) is 2. The van der Waals surface area contributed by atoms with Crippen molar-refractivity contribution < 1.29 is 23.9 Å². The van der Waals surface area contributed by atoms with Crippen molar-refractivity contribution in [2.24, 2.45) is 17.3 Å². The van der Waals surface area contributed by atoms with Gasteiger partial charge in [0, 0.05) is 24.5 Å². The molecule has 1 aromatic rings. The second-order valence-corrected chi connectivity index (χ2v) is 9.28. The van der Waals surface area contributed by atoms with E-state index in [2.05, 4.69) is 24.1 Å². The zero-order chi connectivity index (χ0) is 21.6. The lowest BCUT2D eigenvalue weighted by molar-refractivity contribution is -0.146. The standard InChI is InChI=1S/C21H29N3O5/c1-20(2,3)29-19(27)24-11-13-14(21(13,4)5)16(24)17(25)23-15(18(26)28-6)12-8-7-9-22-10-12/h7-10,13-16H,11H2,1-6H3,(H,23,25)/t13-,14-,15?,16-/m0/s1. The summed E-state index contributed by atoms with van der Waals surface area (Å²) in [5.74, 6) is -0.754. The number of hydrogen-bond donors (Lipinski definition) is 1. The van der Waals surface area contributed by atoms with Gasteiger partial charge in [-0.15, -0.1) is 0 Å². The van der Waals surface area contributed by atoms with E-state index < -0.39 is 35.7 Å². The molecule has 8 heteroatoms. The second-order valence-electron chi connectivity index (χ2n) is 9.28. The molecule has 2 fully saturated rings. The Kier molecular flexibility index (Phi) is 5.32. The van der Waals surface area contributed by atoms with Crippen LogP contribution in [0.5, 0.6) is 0 Å². The Balaban J connectivity index is 1.83. The number of hydrogen-bond acceptors (Lipinski definition) is 6. The lowest BCUT2D eigenvalue weighted by atomic mass is 10.00. The molecule has 1 N–H and O–H groups in total. The highest BCUT2D eigenvalue weighted by Crippen LogP contribution is 2.65. The van der Waals surface area contributed by atoms with Gasteiger partial charge >= 0.3 is 12.1 Å². The summed E-state index contributed by atoms with van der Waals surface area (Å²) in [5, 5.41) is 2.77. The fraction of sp³-hybridized carbons (Fsp3) is 0.619. The Morgan fingerprint density at radius 3 is 2.55 bits per heavy atom. The van der Waals surface area contributed by atoms with Crippen LogP contribution in [0.1, 0.15) is 46.2 Å². The second kappa shape index (κ2) is 7.31. The highest BCUT2D eigenvalue weighted by molar-refractivity contribution is 5.91. The number of piperidine rings is 1. The average molecular weight is 403 g/mol. The molecule has 8 nitrogen and oxygen atoms in total. The summed E-state index contributed by atoms with van der Waals surface area (Å²) in [4.78, 5) is 43.8. The van der Waals surface area contributed by atoms with Crippen LogP contribution >= 0.6 is 0 Å². The van der Waals surface area contributed by atoms with Gasteiger partial charge in [0.05, 0.1) is 7.11 Å². The van der Waals surface area contributed by atoms with E-state index in [-0.39, 0.29) is 17.3 Å². The first kappa shape index (κ1) is 21.1. The zero-order valence-corrected chi connectivity index (χ0v) is 17.8. The normalized spacial score (nSPS) is 25.6. The van der Waals surface area contributed by atoms with Gasteiger partial charge in [-0.2, -0.15) is 0 Å². The summed E-state index contributed by atoms with van der Waals surface area (Å²) >= 11 is 0. The highest BCUT2D eigenvalue weighted by atomic mass is 16.6. The number of nitrogens with one attached hydrogen (secondary N) is 1. The van der Waals surface area contributed by atoms with Gasteiger partial charge in [0.1, 0.15) is 11.6 Å². The molecule has 0 bridgehead atoms. The van der Waals surface area contributed by atoms with E-state index in [1.54, 1.807) is 39.1 Å². The number of rotatable bonds is 4. The van der Waals surface area contributed by atoms with Crippen molar-refractivity contribution in [2.75, 3.05) is 13.7 Å². The number of carbonyl (C=O) groups excluding carboxylic acids is 3. The molecule has 3 rings (SSSR count). The Hall–Kier alpha value is -2.64. The average Bonchev–Trinajstić information content (AvgIpc) is 3.00. The Morgan fingerprint density at radius 2 is 2.00 bits per heavy atom. The molecule has 1 aliphatic carbocycles. The van der Waals surface area contributed by atoms with Crippen LogP contribution in [0.15, 0.2) is 24.5 Å². The van der Waals surface area contributed by atoms with E-state index in [1.165, 1.54) is 18.2 Å². The first-order valence-corrected chi connectivity index (χ1v) is 9.75. The molecule has 1 saturated carbocycles. The van der Waals surface area contributed by atoms with Crippen LogP contribution in [-0.4, -0.2) is 53.2 Å². The van der Waals surface area contributed by atoms with E-state index >= 15 is 0 Å². The van der Waals surface area contributed by atoms with Crippen molar-refractivity contribution in [1.29, 1.82) is 0 Å². The molecule has 29 heavy (non-hydrogen) atoms. The van der Waals surface area contributed by atoms with Crippen molar-refractivity contribution in [3.63, 3.8) is 0 Å². The van der Waals surface area contributed by atoms with E-state index in [0.717, 1.165) is 0 Å². The minimum Gasteiger partial charge on any atom is -0.467 e. The fourth-order valence-electron chi connectivity index (χ4n) is 4.27. The molecule has 0 radical (unpaired) electrons. The third-order valence-electron chi connectivity index (χ3n) is 5.85. The summed E-state index contributed by atoms with van der Waals surface area (Å²) in [5.41, 5.74) is -0.193. The minimum atomic E-state index is -0.998. The molecular weight excluding hydrogens is 374 g/mol. The van der Waals surface area contributed by atoms with Gasteiger partial charge in [-0.1, -0.05) is 19.9 Å². The maximum absolute atomic E-state index is 13.3. The maximum atomic E-state index is 13.3. The largest absolute Gasteiger partial charge is 0.467 e. The third kappa shape index (κ3) is 4.06. The van der Waals surface area contributed by atoms with E-state index in [0.29, 0.717) is 12.1 Å². The molecule has 158 valence electrons. The number of aromatic nitrogens is 1. The van der Waals surface area contributed by atoms with E-state index in [9.17, 15) is 14.4 Å². The van der Waals surface area contributed by atoms with Crippen LogP contribution < -0.4 is 5.32 Å². The summed E-state index contributed by atoms with van der Waals surface area (Å²) in [6, 6.07) is 1.68. The summed E-state index contributed by atoms with van der Waals surface area (Å²) < 4.78 is 10.4. The lowest BCUT2D eigenvalue weighted by Gasteiger charge is -2.32. The van der Waals surface area contributed by atoms with Crippen LogP contribution in [0.2, 0.25) is 0 Å². The van der Waals surface area contributed by atoms with Gasteiger partial charge in [-0.3, -0.25) is 14.7 Å². The van der Waals surface area contributed by atoms with Gasteiger partial charge in [0.25, 0.3) is 0 Å². The van der Waals surface area contributed by atoms with Crippen LogP contribution in [0.3, 0.4) is 0 Å². The number of fused-ring (bicyclic) bond motifs is 1. The van der Waals surface area contributed by atoms with Crippen molar-refractivity contribution in [1.82, 2.24) is 15.2 Å². The number of esters is 1. The first-order valence-electron chi connectivity index (χ1n) is 9.75. The molecule has 2 amide bonds. The van der Waals surface area contributed by atoms with Crippen LogP contribution in [0.4, 0.5) is 4.79 Å². The molecule has 2 heterocycles. The molecule has 4 atom stereocenters. The molecule has 1 unspecified atom stereocenters. The Morgan fingerprint density at radius 1 is 1.31 bits per heavy atom. The first-order chi connectivity index (χ1) is 13.5. The topological polar surface area (TPSA) is 97.8 Å². The van der Waals surface area contributed by atoms with Crippen molar-refractivity contribution in [3.05, 3.63) is 30.1 Å². The third-order valence-corrected chi connectivity index (χ3v) is 5.85. The number of pyridine rings is 1. The number of methoxy groups -OCH3 is 1. The highest BCUT2D eigenvalue weighted by Gasteiger charge is 2.69. The van der Waals surface area contributed by atoms with Crippen LogP contribution in [0, 0.1) is 17.3 Å². The quantitative estimate of drug-likeness (QED) is 0.775. The predicted octanol–water partition coefficient (Wildman–Crippen LogP) is 2.30. The smallest absolute Gasteiger partial charge is 0.410 e. The maximum Gasteiger partial charge on any atom is 0.410 e. The van der Waals surface area contributed by atoms with Gasteiger partial charge in [0.15, 0.2) is 6.04 Å². The Labute approximate surface area is 170 Å². The molecule has 1 aliphatic heterocycles. The van der Waals surface area contributed by atoms with Crippen LogP contribution in [0.25, 0.3) is 0 Å². The molecule has 1 saturated heterocycles. The molecule has 2 aliphatic rings. The molecule has 1 aromatic heterocycles. The zero-order valence-electron chi connectivity index (χ0n) is 17.8. The lowest BCUT2D eigenvalue weighted by Crippen LogP contribution is -2.52. The fourth-order valence-corrected chi connectivity index (χ4v) is 4.27. The number of likely N-dealkylation sites (tertiary alicyclic amines) is 1. The van der Waals surface area contributed by atoms with Crippen molar-refractivity contribution >= 4 is 18.0 Å². The van der Waals surface area contributed by atoms with Crippen molar-refractivity contribution in [2.45, 2.75) is 52.3 Å². The number of amides is 2. The molecule has 0 aromatic carbocycles. The summed E-state index contributed by atoms with van der Waals surface area (Å²) in [6.07, 6.45) is 2.57. The van der Waals surface area contributed by atoms with E-state index in [4.69, 9.17) is 9.47 Å². The SMILES string of the molecule is COC(=O)C(NC(=O)[C@@H]1[C@@H]2[C@H](CN1C(=O)OC(C)(C)C)C2(C)C)c1cccnc1. The monoisotopic (exact) mass is 403 g/mol. The minimum absolute atomic E-state index is 0.0159. The predicted molar refractivity (Wildman–Crippen MR) is 105 cm³/mol. The summed E-state index contributed by atoms with van der Waals surface area (Å²) in [7, 11) is 1.26. The summed E-state index contributed by atoms with van der Waals surface area (Å²) in [6.45, 7) is 10.0. The van der Waals surface area contributed by atoms with Crippen LogP contribution in [-0.2, 0) is 19.1 Å². The van der Waals surface area contributed by atoms with E-state index in [1.807, 2.05) is 0 Å². The number of ether oxygens (including phenoxy) is 2. The molecular formula is C21H29N3O5. The number of carbonyl (C=O) groups is 3. The van der Waals surface area contributed by atoms with Gasteiger partial charge in [-0.05, 0) is 44.1 Å². The van der Waals surface area contributed by atoms with Crippen molar-refractivity contribution in [3.8, 4) is 0 Å². The molecule has 0 spiro atoms.